The van der Waals surface area contributed by atoms with Gasteiger partial charge in [-0.15, -0.1) is 0 Å². The van der Waals surface area contributed by atoms with E-state index in [4.69, 9.17) is 4.74 Å². The number of hydrogen-bond donors (Lipinski definition) is 0. The van der Waals surface area contributed by atoms with Crippen LogP contribution in [-0.2, 0) is 9.53 Å². The van der Waals surface area contributed by atoms with Gasteiger partial charge in [0.1, 0.15) is 0 Å². The Bertz CT molecular complexity index is 523. The Labute approximate surface area is 115 Å². The smallest absolute Gasteiger partial charge is 0.344 e. The molecule has 1 rings (SSSR count). The van der Waals surface area contributed by atoms with Crippen molar-refractivity contribution in [3.8, 4) is 5.75 Å². The van der Waals surface area contributed by atoms with E-state index in [-0.39, 0.29) is 5.75 Å². The van der Waals surface area contributed by atoms with Crippen LogP contribution in [0.4, 0.5) is 23.2 Å². The number of nitro benzene ring substituents is 1. The maximum atomic E-state index is 12.5. The fourth-order valence-corrected chi connectivity index (χ4v) is 1.15. The molecule has 21 heavy (non-hydrogen) atoms. The molecule has 0 aliphatic rings. The summed E-state index contributed by atoms with van der Waals surface area (Å²) in [5, 5.41) is 10.6. The van der Waals surface area contributed by atoms with E-state index in [1.165, 1.54) is 18.2 Å². The number of hydrogen-bond acceptors (Lipinski definition) is 5. The van der Waals surface area contributed by atoms with E-state index in [9.17, 15) is 32.5 Å². The molecule has 10 heteroatoms. The van der Waals surface area contributed by atoms with Crippen molar-refractivity contribution < 1.29 is 36.8 Å². The van der Waals surface area contributed by atoms with Gasteiger partial charge in [-0.1, -0.05) is 12.1 Å². The second-order valence-corrected chi connectivity index (χ2v) is 3.74. The maximum Gasteiger partial charge on any atom is 0.344 e. The minimum absolute atomic E-state index is 0.278. The third-order valence-corrected chi connectivity index (χ3v) is 2.15. The molecule has 0 saturated heterocycles. The first-order chi connectivity index (χ1) is 9.74. The lowest BCUT2D eigenvalue weighted by Gasteiger charge is -2.15. The summed E-state index contributed by atoms with van der Waals surface area (Å²) in [4.78, 5) is 20.9. The molecule has 0 aliphatic heterocycles. The van der Waals surface area contributed by atoms with Crippen molar-refractivity contribution in [2.24, 2.45) is 0 Å². The van der Waals surface area contributed by atoms with E-state index in [0.717, 1.165) is 6.07 Å². The number of carbonyl (C=O) groups is 1. The number of nitro groups is 1. The van der Waals surface area contributed by atoms with Gasteiger partial charge in [-0.05, 0) is 6.07 Å². The lowest BCUT2D eigenvalue weighted by atomic mass is 10.3. The zero-order chi connectivity index (χ0) is 16.0. The summed E-state index contributed by atoms with van der Waals surface area (Å²) in [6, 6.07) is 5.02. The molecule has 0 heterocycles. The van der Waals surface area contributed by atoms with Crippen LogP contribution in [0.25, 0.3) is 0 Å². The van der Waals surface area contributed by atoms with Gasteiger partial charge in [-0.25, -0.2) is 13.6 Å². The van der Waals surface area contributed by atoms with Gasteiger partial charge in [0, 0.05) is 6.07 Å². The standard InChI is InChI=1S/C11H9F4NO5/c12-10(13)11(14,15)6-21-9(17)5-20-8-4-2-1-3-7(8)16(18)19/h1-4,10H,5-6H2. The second kappa shape index (κ2) is 6.86. The highest BCUT2D eigenvalue weighted by Gasteiger charge is 2.42. The molecular weight excluding hydrogens is 302 g/mol. The average molecular weight is 311 g/mol. The molecule has 0 amide bonds. The van der Waals surface area contributed by atoms with Crippen molar-refractivity contribution in [1.29, 1.82) is 0 Å². The van der Waals surface area contributed by atoms with Crippen LogP contribution in [0.1, 0.15) is 0 Å². The number of halogens is 4. The Balaban J connectivity index is 2.53. The fraction of sp³-hybridized carbons (Fsp3) is 0.364. The largest absolute Gasteiger partial charge is 0.475 e. The number of esters is 1. The molecule has 1 aromatic carbocycles. The number of benzene rings is 1. The van der Waals surface area contributed by atoms with Crippen LogP contribution in [0.5, 0.6) is 5.75 Å². The highest BCUT2D eigenvalue weighted by Crippen LogP contribution is 2.26. The Hall–Kier alpha value is -2.39. The van der Waals surface area contributed by atoms with Crippen LogP contribution in [-0.4, -0.2) is 36.5 Å². The van der Waals surface area contributed by atoms with Crippen LogP contribution >= 0.6 is 0 Å². The zero-order valence-electron chi connectivity index (χ0n) is 10.3. The Kier molecular flexibility index (Phi) is 5.44. The molecule has 0 N–H and O–H groups in total. The van der Waals surface area contributed by atoms with Gasteiger partial charge in [0.2, 0.25) is 0 Å². The van der Waals surface area contributed by atoms with Gasteiger partial charge in [0.25, 0.3) is 0 Å². The third-order valence-electron chi connectivity index (χ3n) is 2.15. The van der Waals surface area contributed by atoms with Crippen molar-refractivity contribution in [2.45, 2.75) is 12.3 Å². The number of ether oxygens (including phenoxy) is 2. The minimum Gasteiger partial charge on any atom is -0.475 e. The molecule has 0 unspecified atom stereocenters. The molecule has 116 valence electrons. The van der Waals surface area contributed by atoms with Gasteiger partial charge >= 0.3 is 24.0 Å². The lowest BCUT2D eigenvalue weighted by Crippen LogP contribution is -2.34. The first kappa shape index (κ1) is 16.7. The normalized spacial score (nSPS) is 11.3. The minimum atomic E-state index is -4.46. The molecule has 6 nitrogen and oxygen atoms in total. The first-order valence-corrected chi connectivity index (χ1v) is 5.42. The molecule has 0 spiro atoms. The number of rotatable bonds is 7. The summed E-state index contributed by atoms with van der Waals surface area (Å²) < 4.78 is 57.2. The number of para-hydroxylation sites is 2. The van der Waals surface area contributed by atoms with E-state index < -0.39 is 42.1 Å². The molecule has 0 radical (unpaired) electrons. The van der Waals surface area contributed by atoms with Crippen LogP contribution in [0, 0.1) is 10.1 Å². The van der Waals surface area contributed by atoms with Crippen molar-refractivity contribution in [3.05, 3.63) is 34.4 Å². The van der Waals surface area contributed by atoms with Crippen LogP contribution in [0.2, 0.25) is 0 Å². The molecule has 0 saturated carbocycles. The SMILES string of the molecule is O=C(COc1ccccc1[N+](=O)[O-])OCC(F)(F)C(F)F. The van der Waals surface area contributed by atoms with E-state index in [1.54, 1.807) is 0 Å². The maximum absolute atomic E-state index is 12.5. The van der Waals surface area contributed by atoms with E-state index >= 15 is 0 Å². The molecule has 1 aromatic rings. The monoisotopic (exact) mass is 311 g/mol. The summed E-state index contributed by atoms with van der Waals surface area (Å²) >= 11 is 0. The molecule has 0 aromatic heterocycles. The summed E-state index contributed by atoms with van der Waals surface area (Å²) in [7, 11) is 0. The van der Waals surface area contributed by atoms with Crippen molar-refractivity contribution >= 4 is 11.7 Å². The lowest BCUT2D eigenvalue weighted by molar-refractivity contribution is -0.385. The fourth-order valence-electron chi connectivity index (χ4n) is 1.15. The highest BCUT2D eigenvalue weighted by molar-refractivity contribution is 5.71. The van der Waals surface area contributed by atoms with E-state index in [1.807, 2.05) is 0 Å². The Morgan fingerprint density at radius 3 is 2.52 bits per heavy atom. The first-order valence-electron chi connectivity index (χ1n) is 5.42. The quantitative estimate of drug-likeness (QED) is 0.334. The van der Waals surface area contributed by atoms with Gasteiger partial charge < -0.3 is 9.47 Å². The second-order valence-electron chi connectivity index (χ2n) is 3.74. The summed E-state index contributed by atoms with van der Waals surface area (Å²) in [6.45, 7) is -2.73. The summed E-state index contributed by atoms with van der Waals surface area (Å²) in [5.41, 5.74) is -0.441. The molecule has 0 bridgehead atoms. The van der Waals surface area contributed by atoms with Crippen molar-refractivity contribution in [1.82, 2.24) is 0 Å². The predicted octanol–water partition coefficient (Wildman–Crippen LogP) is 2.42. The third kappa shape index (κ3) is 4.89. The van der Waals surface area contributed by atoms with Gasteiger partial charge in [-0.3, -0.25) is 10.1 Å². The van der Waals surface area contributed by atoms with Gasteiger partial charge in [0.15, 0.2) is 19.0 Å². The number of alkyl halides is 4. The molecule has 0 aliphatic carbocycles. The average Bonchev–Trinajstić information content (AvgIpc) is 2.43. The molecular formula is C11H9F4NO5. The number of nitrogens with zero attached hydrogens (tertiary/aromatic N) is 1. The topological polar surface area (TPSA) is 78.7 Å². The van der Waals surface area contributed by atoms with Crippen LogP contribution < -0.4 is 4.74 Å². The Morgan fingerprint density at radius 1 is 1.33 bits per heavy atom. The van der Waals surface area contributed by atoms with Crippen molar-refractivity contribution in [3.63, 3.8) is 0 Å². The zero-order valence-corrected chi connectivity index (χ0v) is 10.3. The summed E-state index contributed by atoms with van der Waals surface area (Å²) in [6.07, 6.45) is -3.97. The Morgan fingerprint density at radius 2 is 1.95 bits per heavy atom. The van der Waals surface area contributed by atoms with Crippen LogP contribution in [0.3, 0.4) is 0 Å². The predicted molar refractivity (Wildman–Crippen MR) is 60.5 cm³/mol. The summed E-state index contributed by atoms with van der Waals surface area (Å²) in [5.74, 6) is -6.09. The van der Waals surface area contributed by atoms with E-state index in [0.29, 0.717) is 0 Å². The van der Waals surface area contributed by atoms with E-state index in [2.05, 4.69) is 4.74 Å². The molecule has 0 atom stereocenters. The van der Waals surface area contributed by atoms with Gasteiger partial charge in [0.05, 0.1) is 4.92 Å². The van der Waals surface area contributed by atoms with Crippen LogP contribution in [0.15, 0.2) is 24.3 Å². The van der Waals surface area contributed by atoms with Crippen molar-refractivity contribution in [2.75, 3.05) is 13.2 Å². The van der Waals surface area contributed by atoms with Gasteiger partial charge in [-0.2, -0.15) is 8.78 Å². The molecule has 0 fully saturated rings. The number of carbonyl (C=O) groups excluding carboxylic acids is 1. The highest BCUT2D eigenvalue weighted by atomic mass is 19.3.